The van der Waals surface area contributed by atoms with Crippen LogP contribution in [0.15, 0.2) is 85.1 Å². The molecule has 82 heavy (non-hydrogen) atoms. The molecule has 0 saturated carbocycles. The molecule has 0 fully saturated rings. The van der Waals surface area contributed by atoms with Crippen LogP contribution in [-0.2, 0) is 28.6 Å². The SMILES string of the molecule is CC/C=C\C/C=C\C/C=C\C/C=C\C/C=C\C/C=C\C/C=C\CCCCCC(=O)OCC(COC(=O)CCCCCCCCCCCCCCCCCCC)OC(=O)CCCCCCCCCCCCCCCCCCCCCCCC. The summed E-state index contributed by atoms with van der Waals surface area (Å²) in [6, 6.07) is 0. The van der Waals surface area contributed by atoms with Gasteiger partial charge < -0.3 is 14.2 Å². The highest BCUT2D eigenvalue weighted by Gasteiger charge is 2.19. The van der Waals surface area contributed by atoms with Crippen molar-refractivity contribution in [1.29, 1.82) is 0 Å². The van der Waals surface area contributed by atoms with Crippen molar-refractivity contribution >= 4 is 17.9 Å². The summed E-state index contributed by atoms with van der Waals surface area (Å²) in [5.74, 6) is -0.893. The van der Waals surface area contributed by atoms with Crippen LogP contribution in [-0.4, -0.2) is 37.2 Å². The summed E-state index contributed by atoms with van der Waals surface area (Å²) >= 11 is 0. The zero-order valence-electron chi connectivity index (χ0n) is 54.5. The Morgan fingerprint density at radius 3 is 0.744 bits per heavy atom. The Kier molecular flexibility index (Phi) is 67.2. The van der Waals surface area contributed by atoms with Crippen LogP contribution in [0.2, 0.25) is 0 Å². The van der Waals surface area contributed by atoms with Crippen LogP contribution in [0, 0.1) is 0 Å². The van der Waals surface area contributed by atoms with Crippen molar-refractivity contribution < 1.29 is 28.6 Å². The first-order valence-corrected chi connectivity index (χ1v) is 35.6. The smallest absolute Gasteiger partial charge is 0.306 e. The number of unbranched alkanes of at least 4 members (excludes halogenated alkanes) is 40. The summed E-state index contributed by atoms with van der Waals surface area (Å²) in [6.45, 7) is 6.56. The van der Waals surface area contributed by atoms with E-state index in [0.29, 0.717) is 19.3 Å². The van der Waals surface area contributed by atoms with Gasteiger partial charge >= 0.3 is 17.9 Å². The maximum Gasteiger partial charge on any atom is 0.306 e. The van der Waals surface area contributed by atoms with E-state index in [1.165, 1.54) is 212 Å². The molecule has 0 spiro atoms. The molecular weight excluding hydrogens is 1010 g/mol. The lowest BCUT2D eigenvalue weighted by molar-refractivity contribution is -0.167. The van der Waals surface area contributed by atoms with E-state index in [2.05, 4.69) is 106 Å². The second-order valence-electron chi connectivity index (χ2n) is 23.8. The van der Waals surface area contributed by atoms with Crippen LogP contribution in [0.5, 0.6) is 0 Å². The van der Waals surface area contributed by atoms with Crippen molar-refractivity contribution in [2.24, 2.45) is 0 Å². The molecule has 0 aromatic carbocycles. The maximum atomic E-state index is 13.0. The highest BCUT2D eigenvalue weighted by molar-refractivity contribution is 5.71. The minimum Gasteiger partial charge on any atom is -0.462 e. The number of hydrogen-bond donors (Lipinski definition) is 0. The molecule has 1 unspecified atom stereocenters. The molecule has 6 heteroatoms. The van der Waals surface area contributed by atoms with Gasteiger partial charge in [0.1, 0.15) is 13.2 Å². The molecule has 1 atom stereocenters. The topological polar surface area (TPSA) is 78.9 Å². The fraction of sp³-hybridized carbons (Fsp3) is 0.776. The Balaban J connectivity index is 4.40. The first-order valence-electron chi connectivity index (χ1n) is 35.6. The zero-order chi connectivity index (χ0) is 59.2. The van der Waals surface area contributed by atoms with Gasteiger partial charge in [-0.3, -0.25) is 14.4 Å². The van der Waals surface area contributed by atoms with Crippen LogP contribution in [0.3, 0.4) is 0 Å². The predicted octanol–water partition coefficient (Wildman–Crippen LogP) is 24.6. The van der Waals surface area contributed by atoms with Gasteiger partial charge in [0.05, 0.1) is 0 Å². The van der Waals surface area contributed by atoms with Crippen LogP contribution >= 0.6 is 0 Å². The van der Waals surface area contributed by atoms with Crippen molar-refractivity contribution in [3.63, 3.8) is 0 Å². The Labute approximate surface area is 509 Å². The van der Waals surface area contributed by atoms with Gasteiger partial charge in [0, 0.05) is 19.3 Å². The third-order valence-corrected chi connectivity index (χ3v) is 15.7. The fourth-order valence-electron chi connectivity index (χ4n) is 10.4. The van der Waals surface area contributed by atoms with E-state index in [-0.39, 0.29) is 31.1 Å². The van der Waals surface area contributed by atoms with Crippen molar-refractivity contribution in [2.75, 3.05) is 13.2 Å². The molecule has 0 heterocycles. The summed E-state index contributed by atoms with van der Waals surface area (Å²) in [5.41, 5.74) is 0. The average Bonchev–Trinajstić information content (AvgIpc) is 3.47. The van der Waals surface area contributed by atoms with E-state index in [4.69, 9.17) is 14.2 Å². The standard InChI is InChI=1S/C76H134O6/c1-4-7-10-13-16-19-22-25-28-31-33-35-37-38-39-41-42-45-48-51-54-57-60-63-66-69-75(78)81-72-73(71-80-74(77)68-65-62-59-56-53-50-47-44-30-27-24-21-18-15-12-9-6-3)82-76(79)70-67-64-61-58-55-52-49-46-43-40-36-34-32-29-26-23-20-17-14-11-8-5-2/h7,10,16,19,25,28,33,35,38-39,42,45,51,54,73H,4-6,8-9,11-15,17-18,20-24,26-27,29-32,34,36-37,40-41,43-44,46-50,52-53,55-72H2,1-3H3/b10-7-,19-16-,28-25-,35-33-,39-38-,45-42-,54-51-. The molecule has 0 aliphatic carbocycles. The summed E-state index contributed by atoms with van der Waals surface area (Å²) < 4.78 is 17.0. The van der Waals surface area contributed by atoms with E-state index in [1.54, 1.807) is 0 Å². The number of esters is 3. The molecule has 474 valence electrons. The molecule has 0 aromatic rings. The van der Waals surface area contributed by atoms with E-state index in [1.807, 2.05) is 0 Å². The normalized spacial score (nSPS) is 12.6. The minimum atomic E-state index is -0.790. The average molecular weight is 1140 g/mol. The van der Waals surface area contributed by atoms with Gasteiger partial charge in [-0.25, -0.2) is 0 Å². The van der Waals surface area contributed by atoms with Crippen LogP contribution in [0.25, 0.3) is 0 Å². The van der Waals surface area contributed by atoms with E-state index < -0.39 is 6.10 Å². The quantitative estimate of drug-likeness (QED) is 0.0261. The molecule has 0 saturated heterocycles. The molecule has 0 bridgehead atoms. The zero-order valence-corrected chi connectivity index (χ0v) is 54.5. The molecule has 0 radical (unpaired) electrons. The minimum absolute atomic E-state index is 0.0823. The van der Waals surface area contributed by atoms with E-state index >= 15 is 0 Å². The molecule has 0 rings (SSSR count). The Morgan fingerprint density at radius 1 is 0.256 bits per heavy atom. The van der Waals surface area contributed by atoms with Gasteiger partial charge in [0.15, 0.2) is 6.10 Å². The highest BCUT2D eigenvalue weighted by atomic mass is 16.6. The van der Waals surface area contributed by atoms with Gasteiger partial charge in [-0.1, -0.05) is 350 Å². The van der Waals surface area contributed by atoms with E-state index in [0.717, 1.165) is 109 Å². The number of allylic oxidation sites excluding steroid dienone is 14. The second kappa shape index (κ2) is 70.1. The lowest BCUT2D eigenvalue weighted by atomic mass is 10.0. The molecule has 0 N–H and O–H groups in total. The van der Waals surface area contributed by atoms with Crippen molar-refractivity contribution in [1.82, 2.24) is 0 Å². The molecular formula is C76H134O6. The van der Waals surface area contributed by atoms with Gasteiger partial charge in [0.2, 0.25) is 0 Å². The number of hydrogen-bond acceptors (Lipinski definition) is 6. The van der Waals surface area contributed by atoms with E-state index in [9.17, 15) is 14.4 Å². The highest BCUT2D eigenvalue weighted by Crippen LogP contribution is 2.18. The van der Waals surface area contributed by atoms with Gasteiger partial charge in [0.25, 0.3) is 0 Å². The molecule has 0 aliphatic heterocycles. The van der Waals surface area contributed by atoms with Crippen molar-refractivity contribution in [3.05, 3.63) is 85.1 Å². The largest absolute Gasteiger partial charge is 0.462 e. The van der Waals surface area contributed by atoms with Gasteiger partial charge in [-0.15, -0.1) is 0 Å². The Morgan fingerprint density at radius 2 is 0.476 bits per heavy atom. The number of ether oxygens (including phenoxy) is 3. The molecule has 6 nitrogen and oxygen atoms in total. The number of carbonyl (C=O) groups excluding carboxylic acids is 3. The van der Waals surface area contributed by atoms with Gasteiger partial charge in [-0.2, -0.15) is 0 Å². The molecule has 0 aromatic heterocycles. The summed E-state index contributed by atoms with van der Waals surface area (Å²) in [5, 5.41) is 0. The van der Waals surface area contributed by atoms with Crippen molar-refractivity contribution in [3.8, 4) is 0 Å². The maximum absolute atomic E-state index is 13.0. The molecule has 0 aliphatic rings. The Bertz CT molecular complexity index is 1550. The fourth-order valence-corrected chi connectivity index (χ4v) is 10.4. The Hall–Kier alpha value is -3.41. The lowest BCUT2D eigenvalue weighted by Gasteiger charge is -2.18. The van der Waals surface area contributed by atoms with Crippen LogP contribution in [0.4, 0.5) is 0 Å². The summed E-state index contributed by atoms with van der Waals surface area (Å²) in [7, 11) is 0. The van der Waals surface area contributed by atoms with Crippen LogP contribution < -0.4 is 0 Å². The van der Waals surface area contributed by atoms with Crippen LogP contribution in [0.1, 0.15) is 361 Å². The van der Waals surface area contributed by atoms with Gasteiger partial charge in [-0.05, 0) is 77.0 Å². The number of carbonyl (C=O) groups is 3. The summed E-state index contributed by atoms with van der Waals surface area (Å²) in [4.78, 5) is 38.5. The predicted molar refractivity (Wildman–Crippen MR) is 358 cm³/mol. The first-order chi connectivity index (χ1) is 40.5. The third kappa shape index (κ3) is 67.4. The summed E-state index contributed by atoms with van der Waals surface area (Å²) in [6.07, 6.45) is 93.2. The molecule has 0 amide bonds. The first kappa shape index (κ1) is 78.6. The third-order valence-electron chi connectivity index (χ3n) is 15.7. The lowest BCUT2D eigenvalue weighted by Crippen LogP contribution is -2.30. The second-order valence-corrected chi connectivity index (χ2v) is 23.8. The van der Waals surface area contributed by atoms with Crippen molar-refractivity contribution in [2.45, 2.75) is 367 Å². The monoisotopic (exact) mass is 1140 g/mol. The number of rotatable bonds is 65.